The summed E-state index contributed by atoms with van der Waals surface area (Å²) in [5.74, 6) is -0.585. The van der Waals surface area contributed by atoms with Gasteiger partial charge < -0.3 is 9.88 Å². The van der Waals surface area contributed by atoms with E-state index in [1.54, 1.807) is 0 Å². The van der Waals surface area contributed by atoms with Crippen molar-refractivity contribution < 1.29 is 22.0 Å². The molecule has 1 aromatic heterocycles. The molecule has 1 aliphatic rings. The second-order valence-electron chi connectivity index (χ2n) is 5.76. The minimum Gasteiger partial charge on any atom is -0.347 e. The molecule has 1 aromatic rings. The maximum absolute atomic E-state index is 12.5. The Labute approximate surface area is 125 Å². The highest BCUT2D eigenvalue weighted by Crippen LogP contribution is 2.44. The van der Waals surface area contributed by atoms with Crippen molar-refractivity contribution in [2.75, 3.05) is 0 Å². The molecule has 1 atom stereocenters. The minimum absolute atomic E-state index is 0.0306. The van der Waals surface area contributed by atoms with Crippen molar-refractivity contribution in [2.24, 2.45) is 5.41 Å². The van der Waals surface area contributed by atoms with Gasteiger partial charge in [-0.3, -0.25) is 4.79 Å². The Morgan fingerprint density at radius 1 is 1.57 bits per heavy atom. The van der Waals surface area contributed by atoms with Gasteiger partial charge in [-0.15, -0.1) is 0 Å². The van der Waals surface area contributed by atoms with Crippen molar-refractivity contribution in [3.63, 3.8) is 0 Å². The van der Waals surface area contributed by atoms with Gasteiger partial charge in [0.25, 0.3) is 21.4 Å². The normalized spacial score (nSPS) is 20.6. The maximum atomic E-state index is 12.5. The molecule has 1 heterocycles. The zero-order valence-electron chi connectivity index (χ0n) is 11.4. The largest absolute Gasteiger partial charge is 0.347 e. The molecule has 1 N–H and O–H groups in total. The third kappa shape index (κ3) is 3.74. The molecule has 2 rings (SSSR count). The van der Waals surface area contributed by atoms with Gasteiger partial charge in [-0.1, -0.05) is 13.8 Å². The number of aromatic nitrogens is 1. The van der Waals surface area contributed by atoms with Crippen LogP contribution in [0.25, 0.3) is 0 Å². The molecule has 0 spiro atoms. The lowest BCUT2D eigenvalue weighted by molar-refractivity contribution is 0.0923. The third-order valence-electron chi connectivity index (χ3n) is 3.54. The van der Waals surface area contributed by atoms with E-state index in [1.165, 1.54) is 0 Å². The van der Waals surface area contributed by atoms with Crippen LogP contribution in [0.15, 0.2) is 17.2 Å². The van der Waals surface area contributed by atoms with Crippen LogP contribution in [-0.2, 0) is 15.6 Å². The van der Waals surface area contributed by atoms with Gasteiger partial charge in [0.15, 0.2) is 0 Å². The number of carbonyl (C=O) groups excluding carboxylic acids is 1. The molecule has 1 aliphatic carbocycles. The number of nitrogens with zero attached hydrogens (tertiary/aromatic N) is 1. The quantitative estimate of drug-likeness (QED) is 0.836. The molecule has 1 amide bonds. The summed E-state index contributed by atoms with van der Waals surface area (Å²) in [5.41, 5.74) is -0.172. The number of amides is 1. The first-order valence-corrected chi connectivity index (χ1v) is 8.55. The molecule has 21 heavy (non-hydrogen) atoms. The van der Waals surface area contributed by atoms with Gasteiger partial charge >= 0.3 is 0 Å². The Morgan fingerprint density at radius 2 is 2.14 bits per heavy atom. The highest BCUT2D eigenvalue weighted by atomic mass is 35.7. The lowest BCUT2D eigenvalue weighted by atomic mass is 10.2. The van der Waals surface area contributed by atoms with E-state index < -0.39 is 27.9 Å². The fourth-order valence-corrected chi connectivity index (χ4v) is 2.81. The van der Waals surface area contributed by atoms with Gasteiger partial charge in [0.1, 0.15) is 10.6 Å². The van der Waals surface area contributed by atoms with Crippen LogP contribution in [0.2, 0.25) is 0 Å². The molecule has 0 aliphatic heterocycles. The average molecular weight is 341 g/mol. The zero-order chi connectivity index (χ0) is 16.0. The highest BCUT2D eigenvalue weighted by molar-refractivity contribution is 8.13. The number of carbonyl (C=O) groups is 1. The van der Waals surface area contributed by atoms with Crippen LogP contribution < -0.4 is 5.32 Å². The van der Waals surface area contributed by atoms with Crippen molar-refractivity contribution in [1.82, 2.24) is 9.88 Å². The predicted octanol–water partition coefficient (Wildman–Crippen LogP) is 2.21. The molecular formula is C12H15ClF2N2O3S. The smallest absolute Gasteiger partial charge is 0.268 e. The molecule has 118 valence electrons. The molecular weight excluding hydrogens is 326 g/mol. The third-order valence-corrected chi connectivity index (χ3v) is 4.86. The Balaban J connectivity index is 2.27. The topological polar surface area (TPSA) is 68.2 Å². The van der Waals surface area contributed by atoms with Crippen molar-refractivity contribution in [2.45, 2.75) is 44.2 Å². The van der Waals surface area contributed by atoms with Crippen LogP contribution in [0.5, 0.6) is 0 Å². The second-order valence-corrected chi connectivity index (χ2v) is 8.33. The maximum Gasteiger partial charge on any atom is 0.268 e. The van der Waals surface area contributed by atoms with Crippen molar-refractivity contribution in [3.05, 3.63) is 18.0 Å². The molecule has 9 heteroatoms. The fraction of sp³-hybridized carbons (Fsp3) is 0.583. The minimum atomic E-state index is -4.08. The second kappa shape index (κ2) is 5.24. The van der Waals surface area contributed by atoms with Crippen LogP contribution in [0, 0.1) is 5.41 Å². The molecule has 1 saturated carbocycles. The summed E-state index contributed by atoms with van der Waals surface area (Å²) >= 11 is 0. The Kier molecular flexibility index (Phi) is 4.05. The van der Waals surface area contributed by atoms with Gasteiger partial charge in [0, 0.05) is 22.9 Å². The Hall–Kier alpha value is -1.15. The van der Waals surface area contributed by atoms with Gasteiger partial charge in [0.05, 0.1) is 6.54 Å². The van der Waals surface area contributed by atoms with E-state index in [0.717, 1.165) is 23.3 Å². The number of rotatable bonds is 5. The molecule has 1 fully saturated rings. The lowest BCUT2D eigenvalue weighted by Crippen LogP contribution is -2.30. The summed E-state index contributed by atoms with van der Waals surface area (Å²) in [5, 5.41) is 2.70. The SMILES string of the molecule is CC1(C)CC1NC(=O)c1cc(S(=O)(=O)Cl)cn1CC(F)F. The van der Waals surface area contributed by atoms with Crippen molar-refractivity contribution >= 4 is 25.6 Å². The summed E-state index contributed by atoms with van der Waals surface area (Å²) in [6.07, 6.45) is -0.983. The molecule has 5 nitrogen and oxygen atoms in total. The van der Waals surface area contributed by atoms with E-state index >= 15 is 0 Å². The van der Waals surface area contributed by atoms with Gasteiger partial charge in [0.2, 0.25) is 0 Å². The number of nitrogens with one attached hydrogen (secondary N) is 1. The summed E-state index contributed by atoms with van der Waals surface area (Å²) in [4.78, 5) is 11.7. The highest BCUT2D eigenvalue weighted by Gasteiger charge is 2.46. The first-order chi connectivity index (χ1) is 9.50. The monoisotopic (exact) mass is 340 g/mol. The van der Waals surface area contributed by atoms with E-state index in [4.69, 9.17) is 10.7 Å². The van der Waals surface area contributed by atoms with E-state index in [9.17, 15) is 22.0 Å². The Bertz CT molecular complexity index is 670. The summed E-state index contributed by atoms with van der Waals surface area (Å²) in [6, 6.07) is 0.964. The standard InChI is InChI=1S/C12H15ClF2N2O3S/c1-12(2)4-9(12)16-11(18)8-3-7(21(13,19)20)5-17(8)6-10(14)15/h3,5,9-10H,4,6H2,1-2H3,(H,16,18). The van der Waals surface area contributed by atoms with E-state index in [0.29, 0.717) is 0 Å². The Morgan fingerprint density at radius 3 is 2.57 bits per heavy atom. The zero-order valence-corrected chi connectivity index (χ0v) is 13.0. The number of halogens is 3. The summed E-state index contributed by atoms with van der Waals surface area (Å²) in [6.45, 7) is 3.15. The summed E-state index contributed by atoms with van der Waals surface area (Å²) < 4.78 is 48.5. The number of hydrogen-bond donors (Lipinski definition) is 1. The van der Waals surface area contributed by atoms with Crippen molar-refractivity contribution in [1.29, 1.82) is 0 Å². The van der Waals surface area contributed by atoms with Gasteiger partial charge in [-0.2, -0.15) is 0 Å². The van der Waals surface area contributed by atoms with Crippen LogP contribution in [0.3, 0.4) is 0 Å². The predicted molar refractivity (Wildman–Crippen MR) is 73.1 cm³/mol. The number of alkyl halides is 2. The van der Waals surface area contributed by atoms with Crippen LogP contribution in [0.1, 0.15) is 30.8 Å². The molecule has 1 unspecified atom stereocenters. The first kappa shape index (κ1) is 16.2. The van der Waals surface area contributed by atoms with Gasteiger partial charge in [-0.25, -0.2) is 17.2 Å². The van der Waals surface area contributed by atoms with Gasteiger partial charge in [-0.05, 0) is 17.9 Å². The lowest BCUT2D eigenvalue weighted by Gasteiger charge is -2.10. The van der Waals surface area contributed by atoms with E-state index in [1.807, 2.05) is 13.8 Å². The van der Waals surface area contributed by atoms with Crippen LogP contribution in [0.4, 0.5) is 8.78 Å². The molecule has 0 bridgehead atoms. The first-order valence-electron chi connectivity index (χ1n) is 6.24. The van der Waals surface area contributed by atoms with E-state index in [-0.39, 0.29) is 22.0 Å². The summed E-state index contributed by atoms with van der Waals surface area (Å²) in [7, 11) is 1.11. The average Bonchev–Trinajstić information content (AvgIpc) is 2.71. The van der Waals surface area contributed by atoms with Crippen LogP contribution >= 0.6 is 10.7 Å². The fourth-order valence-electron chi connectivity index (χ4n) is 2.05. The molecule has 0 radical (unpaired) electrons. The molecule has 0 aromatic carbocycles. The van der Waals surface area contributed by atoms with Crippen molar-refractivity contribution in [3.8, 4) is 0 Å². The molecule has 0 saturated heterocycles. The van der Waals surface area contributed by atoms with Crippen LogP contribution in [-0.4, -0.2) is 31.4 Å². The number of hydrogen-bond acceptors (Lipinski definition) is 3. The van der Waals surface area contributed by atoms with E-state index in [2.05, 4.69) is 5.32 Å².